The Kier molecular flexibility index (Phi) is 3.15. The van der Waals surface area contributed by atoms with Crippen LogP contribution < -0.4 is 5.73 Å². The summed E-state index contributed by atoms with van der Waals surface area (Å²) in [5, 5.41) is 0. The van der Waals surface area contributed by atoms with Gasteiger partial charge >= 0.3 is 0 Å². The van der Waals surface area contributed by atoms with E-state index in [1.165, 1.54) is 6.92 Å². The van der Waals surface area contributed by atoms with Gasteiger partial charge in [-0.2, -0.15) is 0 Å². The summed E-state index contributed by atoms with van der Waals surface area (Å²) in [6, 6.07) is 0. The molecule has 0 aromatic carbocycles. The largest absolute Gasteiger partial charge is 0.383 e. The maximum atomic E-state index is 12.5. The van der Waals surface area contributed by atoms with Crippen molar-refractivity contribution >= 4 is 25.6 Å². The van der Waals surface area contributed by atoms with Gasteiger partial charge in [-0.05, 0) is 6.92 Å². The number of aromatic nitrogens is 1. The molecule has 4 nitrogen and oxygen atoms in total. The molecule has 0 saturated heterocycles. The van der Waals surface area contributed by atoms with Crippen molar-refractivity contribution in [3.05, 3.63) is 17.3 Å². The fourth-order valence-corrected chi connectivity index (χ4v) is 2.61. The predicted molar refractivity (Wildman–Crippen MR) is 51.4 cm³/mol. The predicted octanol–water partition coefficient (Wildman–Crippen LogP) is 1.84. The van der Waals surface area contributed by atoms with E-state index in [0.717, 1.165) is 0 Å². The van der Waals surface area contributed by atoms with Crippen molar-refractivity contribution in [3.8, 4) is 0 Å². The number of nitrogen functional groups attached to an aromatic ring is 1. The van der Waals surface area contributed by atoms with Crippen LogP contribution in [0.15, 0.2) is 11.1 Å². The molecule has 8 heteroatoms. The average Bonchev–Trinajstić information content (AvgIpc) is 2.06. The van der Waals surface area contributed by atoms with Gasteiger partial charge in [0.15, 0.2) is 0 Å². The molecule has 0 aliphatic rings. The van der Waals surface area contributed by atoms with Crippen LogP contribution in [0.5, 0.6) is 0 Å². The monoisotopic (exact) mass is 256 g/mol. The SMILES string of the molecule is Cc1c(N)ncc(C(F)F)c1S(=O)(=O)Cl. The molecule has 0 aliphatic carbocycles. The first-order chi connectivity index (χ1) is 6.75. The van der Waals surface area contributed by atoms with Crippen molar-refractivity contribution in [2.45, 2.75) is 18.2 Å². The highest BCUT2D eigenvalue weighted by molar-refractivity contribution is 8.13. The normalized spacial score (nSPS) is 12.1. The molecule has 15 heavy (non-hydrogen) atoms. The third-order valence-electron chi connectivity index (χ3n) is 1.81. The topological polar surface area (TPSA) is 73.0 Å². The lowest BCUT2D eigenvalue weighted by Crippen LogP contribution is -2.06. The molecule has 0 aliphatic heterocycles. The fourth-order valence-electron chi connectivity index (χ4n) is 1.11. The summed E-state index contributed by atoms with van der Waals surface area (Å²) in [7, 11) is 0.781. The van der Waals surface area contributed by atoms with Gasteiger partial charge in [0.05, 0.1) is 10.5 Å². The number of nitrogens with zero attached hydrogens (tertiary/aromatic N) is 1. The Bertz CT molecular complexity index is 490. The van der Waals surface area contributed by atoms with E-state index in [1.54, 1.807) is 0 Å². The third-order valence-corrected chi connectivity index (χ3v) is 3.30. The Morgan fingerprint density at radius 1 is 1.53 bits per heavy atom. The van der Waals surface area contributed by atoms with Gasteiger partial charge in [0.1, 0.15) is 5.82 Å². The molecule has 0 atom stereocenters. The van der Waals surface area contributed by atoms with Gasteiger partial charge in [-0.1, -0.05) is 0 Å². The first kappa shape index (κ1) is 12.1. The number of nitrogens with two attached hydrogens (primary N) is 1. The molecule has 0 amide bonds. The van der Waals surface area contributed by atoms with Gasteiger partial charge < -0.3 is 5.73 Å². The van der Waals surface area contributed by atoms with Crippen molar-refractivity contribution in [3.63, 3.8) is 0 Å². The van der Waals surface area contributed by atoms with E-state index in [-0.39, 0.29) is 11.4 Å². The molecule has 84 valence electrons. The summed E-state index contributed by atoms with van der Waals surface area (Å²) in [6.07, 6.45) is -2.26. The second-order valence-electron chi connectivity index (χ2n) is 2.79. The van der Waals surface area contributed by atoms with Gasteiger partial charge in [0.2, 0.25) is 0 Å². The van der Waals surface area contributed by atoms with E-state index in [2.05, 4.69) is 4.98 Å². The van der Waals surface area contributed by atoms with Crippen LogP contribution in [0, 0.1) is 6.92 Å². The molecule has 0 bridgehead atoms. The Morgan fingerprint density at radius 2 is 2.07 bits per heavy atom. The molecule has 1 heterocycles. The summed E-state index contributed by atoms with van der Waals surface area (Å²) in [5.41, 5.74) is 4.50. The first-order valence-electron chi connectivity index (χ1n) is 3.73. The van der Waals surface area contributed by atoms with Gasteiger partial charge in [0, 0.05) is 22.4 Å². The van der Waals surface area contributed by atoms with Crippen molar-refractivity contribution in [2.75, 3.05) is 5.73 Å². The number of halogens is 3. The highest BCUT2D eigenvalue weighted by atomic mass is 35.7. The molecule has 1 aromatic rings. The lowest BCUT2D eigenvalue weighted by molar-refractivity contribution is 0.147. The Morgan fingerprint density at radius 3 is 2.47 bits per heavy atom. The zero-order chi connectivity index (χ0) is 11.8. The molecule has 1 aromatic heterocycles. The van der Waals surface area contributed by atoms with Crippen molar-refractivity contribution in [1.82, 2.24) is 4.98 Å². The second-order valence-corrected chi connectivity index (χ2v) is 5.29. The van der Waals surface area contributed by atoms with Gasteiger partial charge in [-0.15, -0.1) is 0 Å². The summed E-state index contributed by atoms with van der Waals surface area (Å²) < 4.78 is 47.1. The van der Waals surface area contributed by atoms with E-state index in [4.69, 9.17) is 16.4 Å². The Balaban J connectivity index is 3.65. The number of hydrogen-bond donors (Lipinski definition) is 1. The molecule has 0 unspecified atom stereocenters. The molecule has 0 spiro atoms. The van der Waals surface area contributed by atoms with Crippen LogP contribution in [0.2, 0.25) is 0 Å². The quantitative estimate of drug-likeness (QED) is 0.820. The average molecular weight is 257 g/mol. The van der Waals surface area contributed by atoms with Crippen LogP contribution >= 0.6 is 10.7 Å². The van der Waals surface area contributed by atoms with E-state index in [0.29, 0.717) is 6.20 Å². The number of rotatable bonds is 2. The van der Waals surface area contributed by atoms with Crippen molar-refractivity contribution in [2.24, 2.45) is 0 Å². The minimum absolute atomic E-state index is 0.0669. The minimum Gasteiger partial charge on any atom is -0.383 e. The molecular weight excluding hydrogens is 250 g/mol. The number of hydrogen-bond acceptors (Lipinski definition) is 4. The second kappa shape index (κ2) is 3.90. The van der Waals surface area contributed by atoms with Crippen LogP contribution in [0.4, 0.5) is 14.6 Å². The van der Waals surface area contributed by atoms with E-state index in [9.17, 15) is 17.2 Å². The number of pyridine rings is 1. The first-order valence-corrected chi connectivity index (χ1v) is 6.04. The molecule has 1 rings (SSSR count). The third kappa shape index (κ3) is 2.35. The summed E-state index contributed by atoms with van der Waals surface area (Å²) in [5.74, 6) is -0.140. The Hall–Kier alpha value is -0.950. The smallest absolute Gasteiger partial charge is 0.266 e. The van der Waals surface area contributed by atoms with Crippen LogP contribution in [0.25, 0.3) is 0 Å². The van der Waals surface area contributed by atoms with Crippen molar-refractivity contribution in [1.29, 1.82) is 0 Å². The highest BCUT2D eigenvalue weighted by Crippen LogP contribution is 2.32. The molecular formula is C7H7ClF2N2O2S. The number of alkyl halides is 2. The highest BCUT2D eigenvalue weighted by Gasteiger charge is 2.25. The van der Waals surface area contributed by atoms with Crippen LogP contribution in [0.1, 0.15) is 17.6 Å². The zero-order valence-electron chi connectivity index (χ0n) is 7.54. The molecule has 2 N–H and O–H groups in total. The molecule has 0 saturated carbocycles. The van der Waals surface area contributed by atoms with Crippen LogP contribution in [-0.2, 0) is 9.05 Å². The summed E-state index contributed by atoms with van der Waals surface area (Å²) >= 11 is 0. The lowest BCUT2D eigenvalue weighted by Gasteiger charge is -2.09. The fraction of sp³-hybridized carbons (Fsp3) is 0.286. The van der Waals surface area contributed by atoms with Crippen LogP contribution in [0.3, 0.4) is 0 Å². The van der Waals surface area contributed by atoms with Crippen LogP contribution in [-0.4, -0.2) is 13.4 Å². The van der Waals surface area contributed by atoms with Gasteiger partial charge in [-0.3, -0.25) is 0 Å². The maximum Gasteiger partial charge on any atom is 0.266 e. The molecule has 0 fully saturated rings. The van der Waals surface area contributed by atoms with E-state index < -0.39 is 25.9 Å². The summed E-state index contributed by atoms with van der Waals surface area (Å²) in [4.78, 5) is 2.79. The van der Waals surface area contributed by atoms with E-state index >= 15 is 0 Å². The van der Waals surface area contributed by atoms with Gasteiger partial charge in [0.25, 0.3) is 15.5 Å². The zero-order valence-corrected chi connectivity index (χ0v) is 9.11. The Labute approximate surface area is 89.5 Å². The maximum absolute atomic E-state index is 12.5. The van der Waals surface area contributed by atoms with E-state index in [1.807, 2.05) is 0 Å². The molecule has 0 radical (unpaired) electrons. The minimum atomic E-state index is -4.26. The lowest BCUT2D eigenvalue weighted by atomic mass is 10.2. The van der Waals surface area contributed by atoms with Crippen molar-refractivity contribution < 1.29 is 17.2 Å². The standard InChI is InChI=1S/C7H7ClF2N2O2S/c1-3-5(15(8,13)14)4(6(9)10)2-12-7(3)11/h2,6H,1H3,(H2,11,12). The van der Waals surface area contributed by atoms with Gasteiger partial charge in [-0.25, -0.2) is 22.2 Å². The summed E-state index contributed by atoms with van der Waals surface area (Å²) in [6.45, 7) is 1.27. The number of anilines is 1.